The lowest BCUT2D eigenvalue weighted by atomic mass is 10.1. The van der Waals surface area contributed by atoms with Gasteiger partial charge in [-0.05, 0) is 73.5 Å². The number of halogens is 1. The molecule has 1 saturated heterocycles. The molecule has 3 aromatic rings. The fourth-order valence-electron chi connectivity index (χ4n) is 4.07. The third-order valence-electron chi connectivity index (χ3n) is 5.82. The van der Waals surface area contributed by atoms with E-state index in [0.717, 1.165) is 29.5 Å². The van der Waals surface area contributed by atoms with Crippen LogP contribution in [0, 0.1) is 0 Å². The van der Waals surface area contributed by atoms with Gasteiger partial charge >= 0.3 is 0 Å². The predicted molar refractivity (Wildman–Crippen MR) is 135 cm³/mol. The second-order valence-corrected chi connectivity index (χ2v) is 10.7. The largest absolute Gasteiger partial charge is 0.350 e. The Balaban J connectivity index is 1.46. The Labute approximate surface area is 206 Å². The minimum atomic E-state index is -3.96. The van der Waals surface area contributed by atoms with Gasteiger partial charge in [0, 0.05) is 18.1 Å². The first kappa shape index (κ1) is 24.3. The highest BCUT2D eigenvalue weighted by molar-refractivity contribution is 7.92. The zero-order valence-electron chi connectivity index (χ0n) is 18.9. The van der Waals surface area contributed by atoms with Gasteiger partial charge in [0.05, 0.1) is 10.6 Å². The Bertz CT molecular complexity index is 1210. The summed E-state index contributed by atoms with van der Waals surface area (Å²) in [6, 6.07) is 22.7. The smallest absolute Gasteiger partial charge is 0.264 e. The molecule has 0 aromatic heterocycles. The normalized spacial score (nSPS) is 14.1. The van der Waals surface area contributed by atoms with Crippen LogP contribution in [-0.4, -0.2) is 38.9 Å². The number of anilines is 1. The van der Waals surface area contributed by atoms with E-state index in [0.29, 0.717) is 17.3 Å². The van der Waals surface area contributed by atoms with Gasteiger partial charge in [0.2, 0.25) is 5.91 Å². The summed E-state index contributed by atoms with van der Waals surface area (Å²) in [6.45, 7) is 3.15. The molecule has 1 fully saturated rings. The number of likely N-dealkylation sites (tertiary alicyclic amines) is 1. The summed E-state index contributed by atoms with van der Waals surface area (Å²) in [5.74, 6) is -0.383. The minimum Gasteiger partial charge on any atom is -0.350 e. The molecule has 0 atom stereocenters. The van der Waals surface area contributed by atoms with Crippen molar-refractivity contribution in [3.63, 3.8) is 0 Å². The summed E-state index contributed by atoms with van der Waals surface area (Å²) in [5, 5.41) is 3.31. The van der Waals surface area contributed by atoms with E-state index in [9.17, 15) is 13.2 Å². The standard InChI is InChI=1S/C26H28ClN3O3S/c27-23-11-13-25(14-12-23)34(32,33)30(24-9-2-1-3-10-24)20-26(31)28-18-21-7-6-8-22(17-21)19-29-15-4-5-16-29/h1-3,6-14,17H,4-5,15-16,18-20H2,(H,28,31). The van der Waals surface area contributed by atoms with Crippen molar-refractivity contribution in [2.24, 2.45) is 0 Å². The van der Waals surface area contributed by atoms with Gasteiger partial charge in [-0.25, -0.2) is 8.42 Å². The molecule has 0 bridgehead atoms. The second kappa shape index (κ2) is 11.0. The molecule has 1 heterocycles. The first-order valence-corrected chi connectivity index (χ1v) is 13.1. The van der Waals surface area contributed by atoms with Gasteiger partial charge in [-0.1, -0.05) is 54.1 Å². The van der Waals surface area contributed by atoms with Gasteiger partial charge in [-0.3, -0.25) is 14.0 Å². The van der Waals surface area contributed by atoms with Crippen LogP contribution >= 0.6 is 11.6 Å². The third-order valence-corrected chi connectivity index (χ3v) is 7.86. The number of carbonyl (C=O) groups excluding carboxylic acids is 1. The van der Waals surface area contributed by atoms with E-state index in [4.69, 9.17) is 11.6 Å². The van der Waals surface area contributed by atoms with Crippen LogP contribution < -0.4 is 9.62 Å². The van der Waals surface area contributed by atoms with Crippen molar-refractivity contribution < 1.29 is 13.2 Å². The first-order valence-electron chi connectivity index (χ1n) is 11.3. The summed E-state index contributed by atoms with van der Waals surface area (Å²) in [5.41, 5.74) is 2.61. The Morgan fingerprint density at radius 3 is 2.29 bits per heavy atom. The molecule has 4 rings (SSSR count). The number of sulfonamides is 1. The molecule has 1 aliphatic heterocycles. The van der Waals surface area contributed by atoms with E-state index >= 15 is 0 Å². The highest BCUT2D eigenvalue weighted by atomic mass is 35.5. The predicted octanol–water partition coefficient (Wildman–Crippen LogP) is 4.45. The lowest BCUT2D eigenvalue weighted by Crippen LogP contribution is -2.40. The molecule has 1 amide bonds. The molecule has 0 aliphatic carbocycles. The molecular formula is C26H28ClN3O3S. The van der Waals surface area contributed by atoms with Crippen molar-refractivity contribution in [1.82, 2.24) is 10.2 Å². The van der Waals surface area contributed by atoms with E-state index in [2.05, 4.69) is 22.3 Å². The molecule has 3 aromatic carbocycles. The summed E-state index contributed by atoms with van der Waals surface area (Å²) < 4.78 is 27.8. The van der Waals surface area contributed by atoms with Gasteiger partial charge in [0.15, 0.2) is 0 Å². The van der Waals surface area contributed by atoms with Crippen LogP contribution in [0.5, 0.6) is 0 Å². The summed E-state index contributed by atoms with van der Waals surface area (Å²) >= 11 is 5.93. The molecule has 34 heavy (non-hydrogen) atoms. The maximum Gasteiger partial charge on any atom is 0.264 e. The third kappa shape index (κ3) is 6.17. The van der Waals surface area contributed by atoms with E-state index in [1.807, 2.05) is 12.1 Å². The van der Waals surface area contributed by atoms with E-state index in [-0.39, 0.29) is 17.3 Å². The van der Waals surface area contributed by atoms with Crippen molar-refractivity contribution in [1.29, 1.82) is 0 Å². The SMILES string of the molecule is O=C(CN(c1ccccc1)S(=O)(=O)c1ccc(Cl)cc1)NCc1cccc(CN2CCCC2)c1. The Kier molecular flexibility index (Phi) is 7.88. The van der Waals surface area contributed by atoms with E-state index < -0.39 is 10.0 Å². The maximum absolute atomic E-state index is 13.4. The van der Waals surface area contributed by atoms with Crippen LogP contribution in [0.4, 0.5) is 5.69 Å². The highest BCUT2D eigenvalue weighted by Crippen LogP contribution is 2.24. The fourth-order valence-corrected chi connectivity index (χ4v) is 5.61. The van der Waals surface area contributed by atoms with Crippen molar-refractivity contribution in [2.45, 2.75) is 30.8 Å². The highest BCUT2D eigenvalue weighted by Gasteiger charge is 2.27. The second-order valence-electron chi connectivity index (χ2n) is 8.38. The Morgan fingerprint density at radius 1 is 0.912 bits per heavy atom. The number of hydrogen-bond acceptors (Lipinski definition) is 4. The molecule has 0 unspecified atom stereocenters. The van der Waals surface area contributed by atoms with Crippen LogP contribution in [0.15, 0.2) is 83.8 Å². The van der Waals surface area contributed by atoms with Gasteiger partial charge < -0.3 is 5.32 Å². The molecule has 1 N–H and O–H groups in total. The fraction of sp³-hybridized carbons (Fsp3) is 0.269. The average Bonchev–Trinajstić information content (AvgIpc) is 3.35. The number of rotatable bonds is 9. The summed E-state index contributed by atoms with van der Waals surface area (Å²) in [6.07, 6.45) is 2.49. The molecule has 0 saturated carbocycles. The maximum atomic E-state index is 13.4. The average molecular weight is 498 g/mol. The molecule has 0 spiro atoms. The van der Waals surface area contributed by atoms with Crippen molar-refractivity contribution in [2.75, 3.05) is 23.9 Å². The summed E-state index contributed by atoms with van der Waals surface area (Å²) in [4.78, 5) is 15.3. The van der Waals surface area contributed by atoms with Crippen LogP contribution in [0.3, 0.4) is 0 Å². The van der Waals surface area contributed by atoms with Crippen LogP contribution in [0.25, 0.3) is 0 Å². The number of amides is 1. The molecule has 1 aliphatic rings. The number of para-hydroxylation sites is 1. The molecule has 8 heteroatoms. The van der Waals surface area contributed by atoms with Gasteiger partial charge in [0.1, 0.15) is 6.54 Å². The lowest BCUT2D eigenvalue weighted by molar-refractivity contribution is -0.119. The molecular weight excluding hydrogens is 470 g/mol. The molecule has 6 nitrogen and oxygen atoms in total. The van der Waals surface area contributed by atoms with Gasteiger partial charge in [0.25, 0.3) is 10.0 Å². The van der Waals surface area contributed by atoms with Gasteiger partial charge in [-0.15, -0.1) is 0 Å². The van der Waals surface area contributed by atoms with Crippen LogP contribution in [0.1, 0.15) is 24.0 Å². The number of benzene rings is 3. The Hall–Kier alpha value is -2.87. The summed E-state index contributed by atoms with van der Waals surface area (Å²) in [7, 11) is -3.96. The van der Waals surface area contributed by atoms with Crippen molar-refractivity contribution >= 4 is 33.2 Å². The zero-order valence-corrected chi connectivity index (χ0v) is 20.4. The number of nitrogens with one attached hydrogen (secondary N) is 1. The topological polar surface area (TPSA) is 69.7 Å². The van der Waals surface area contributed by atoms with Crippen molar-refractivity contribution in [3.8, 4) is 0 Å². The van der Waals surface area contributed by atoms with Crippen molar-refractivity contribution in [3.05, 3.63) is 95.0 Å². The molecule has 178 valence electrons. The number of carbonyl (C=O) groups is 1. The number of hydrogen-bond donors (Lipinski definition) is 1. The Morgan fingerprint density at radius 2 is 1.59 bits per heavy atom. The van der Waals surface area contributed by atoms with Crippen LogP contribution in [-0.2, 0) is 27.9 Å². The minimum absolute atomic E-state index is 0.0724. The van der Waals surface area contributed by atoms with E-state index in [1.54, 1.807) is 30.3 Å². The zero-order chi connectivity index (χ0) is 24.0. The van der Waals surface area contributed by atoms with E-state index in [1.165, 1.54) is 42.7 Å². The quantitative estimate of drug-likeness (QED) is 0.474. The first-order chi connectivity index (χ1) is 16.4. The van der Waals surface area contributed by atoms with Gasteiger partial charge in [-0.2, -0.15) is 0 Å². The monoisotopic (exact) mass is 497 g/mol. The lowest BCUT2D eigenvalue weighted by Gasteiger charge is -2.24. The number of nitrogens with zero attached hydrogens (tertiary/aromatic N) is 2. The molecule has 0 radical (unpaired) electrons. The van der Waals surface area contributed by atoms with Crippen LogP contribution in [0.2, 0.25) is 5.02 Å².